The van der Waals surface area contributed by atoms with Crippen LogP contribution in [0, 0.1) is 0 Å². The highest BCUT2D eigenvalue weighted by Gasteiger charge is 2.21. The van der Waals surface area contributed by atoms with E-state index in [4.69, 9.17) is 11.6 Å². The van der Waals surface area contributed by atoms with Gasteiger partial charge < -0.3 is 5.32 Å². The summed E-state index contributed by atoms with van der Waals surface area (Å²) >= 11 is 6.20. The molecule has 0 fully saturated rings. The van der Waals surface area contributed by atoms with Gasteiger partial charge in [-0.25, -0.2) is 4.98 Å². The molecule has 1 N–H and O–H groups in total. The normalized spacial score (nSPS) is 11.5. The van der Waals surface area contributed by atoms with Gasteiger partial charge in [0.25, 0.3) is 0 Å². The van der Waals surface area contributed by atoms with Crippen molar-refractivity contribution < 1.29 is 0 Å². The molecular formula is C9H15ClN2Si. The lowest BCUT2D eigenvalue weighted by Crippen LogP contribution is -2.38. The van der Waals surface area contributed by atoms with E-state index in [-0.39, 0.29) is 0 Å². The maximum absolute atomic E-state index is 6.20. The third-order valence-corrected chi connectivity index (χ3v) is 4.51. The van der Waals surface area contributed by atoms with Gasteiger partial charge in [0.15, 0.2) is 0 Å². The van der Waals surface area contributed by atoms with Crippen molar-refractivity contribution in [2.75, 3.05) is 12.4 Å². The van der Waals surface area contributed by atoms with Gasteiger partial charge in [-0.05, 0) is 11.3 Å². The molecule has 0 saturated carbocycles. The van der Waals surface area contributed by atoms with Crippen LogP contribution in [0.4, 0.5) is 5.82 Å². The van der Waals surface area contributed by atoms with Crippen LogP contribution >= 0.6 is 11.6 Å². The Morgan fingerprint density at radius 3 is 2.46 bits per heavy atom. The average Bonchev–Trinajstić information content (AvgIpc) is 2.02. The Hall–Kier alpha value is -0.543. The van der Waals surface area contributed by atoms with Gasteiger partial charge in [-0.3, -0.25) is 0 Å². The lowest BCUT2D eigenvalue weighted by Gasteiger charge is -2.19. The third-order valence-electron chi connectivity index (χ3n) is 1.93. The second-order valence-electron chi connectivity index (χ2n) is 4.02. The molecule has 2 nitrogen and oxygen atoms in total. The van der Waals surface area contributed by atoms with Crippen molar-refractivity contribution in [3.05, 3.63) is 17.3 Å². The number of aromatic nitrogens is 1. The predicted octanol–water partition coefficient (Wildman–Crippen LogP) is 2.32. The van der Waals surface area contributed by atoms with Gasteiger partial charge in [-0.2, -0.15) is 0 Å². The fourth-order valence-corrected chi connectivity index (χ4v) is 3.61. The van der Waals surface area contributed by atoms with Crippen molar-refractivity contribution in [2.45, 2.75) is 19.6 Å². The Labute approximate surface area is 85.3 Å². The quantitative estimate of drug-likeness (QED) is 0.765. The molecular weight excluding hydrogens is 200 g/mol. The smallest absolute Gasteiger partial charge is 0.144 e. The van der Waals surface area contributed by atoms with Gasteiger partial charge in [-0.15, -0.1) is 0 Å². The largest absolute Gasteiger partial charge is 0.372 e. The number of pyridine rings is 1. The van der Waals surface area contributed by atoms with Crippen LogP contribution in [0.5, 0.6) is 0 Å². The SMILES string of the molecule is CNc1nccc([Si](C)(C)C)c1Cl. The number of nitrogens with one attached hydrogen (secondary N) is 1. The summed E-state index contributed by atoms with van der Waals surface area (Å²) in [5, 5.41) is 5.03. The molecule has 0 bridgehead atoms. The summed E-state index contributed by atoms with van der Waals surface area (Å²) in [6.07, 6.45) is 1.81. The van der Waals surface area contributed by atoms with Crippen molar-refractivity contribution in [1.82, 2.24) is 4.98 Å². The van der Waals surface area contributed by atoms with E-state index in [1.165, 1.54) is 5.19 Å². The van der Waals surface area contributed by atoms with Crippen molar-refractivity contribution >= 4 is 30.7 Å². The molecule has 0 unspecified atom stereocenters. The van der Waals surface area contributed by atoms with Crippen LogP contribution in [0.1, 0.15) is 0 Å². The van der Waals surface area contributed by atoms with Crippen molar-refractivity contribution in [3.63, 3.8) is 0 Å². The highest BCUT2D eigenvalue weighted by atomic mass is 35.5. The first-order valence-electron chi connectivity index (χ1n) is 4.29. The van der Waals surface area contributed by atoms with Crippen LogP contribution in [-0.4, -0.2) is 20.1 Å². The maximum Gasteiger partial charge on any atom is 0.144 e. The minimum atomic E-state index is -1.34. The highest BCUT2D eigenvalue weighted by molar-refractivity contribution is 6.90. The Morgan fingerprint density at radius 1 is 1.38 bits per heavy atom. The molecule has 1 heterocycles. The number of anilines is 1. The molecule has 4 heteroatoms. The molecule has 13 heavy (non-hydrogen) atoms. The van der Waals surface area contributed by atoms with E-state index < -0.39 is 8.07 Å². The highest BCUT2D eigenvalue weighted by Crippen LogP contribution is 2.18. The number of rotatable bonds is 2. The van der Waals surface area contributed by atoms with Gasteiger partial charge in [0, 0.05) is 13.2 Å². The second-order valence-corrected chi connectivity index (χ2v) is 9.44. The van der Waals surface area contributed by atoms with Crippen LogP contribution in [-0.2, 0) is 0 Å². The van der Waals surface area contributed by atoms with E-state index >= 15 is 0 Å². The van der Waals surface area contributed by atoms with Crippen molar-refractivity contribution in [3.8, 4) is 0 Å². The summed E-state index contributed by atoms with van der Waals surface area (Å²) in [6, 6.07) is 2.02. The molecule has 0 aliphatic rings. The summed E-state index contributed by atoms with van der Waals surface area (Å²) in [5.74, 6) is 0.779. The molecule has 0 aromatic carbocycles. The molecule has 72 valence electrons. The lowest BCUT2D eigenvalue weighted by molar-refractivity contribution is 1.29. The lowest BCUT2D eigenvalue weighted by atomic mass is 10.4. The first kappa shape index (κ1) is 10.5. The van der Waals surface area contributed by atoms with Crippen LogP contribution in [0.2, 0.25) is 24.7 Å². The van der Waals surface area contributed by atoms with E-state index in [1.54, 1.807) is 0 Å². The Bertz CT molecular complexity index is 307. The number of halogens is 1. The molecule has 0 atom stereocenters. The average molecular weight is 215 g/mol. The number of nitrogens with zero attached hydrogens (tertiary/aromatic N) is 1. The standard InChI is InChI=1S/C9H15ClN2Si/c1-11-9-8(10)7(5-6-12-9)13(2,3)4/h5-6H,1-4H3,(H,11,12). The van der Waals surface area contributed by atoms with E-state index in [9.17, 15) is 0 Å². The maximum atomic E-state index is 6.20. The summed E-state index contributed by atoms with van der Waals surface area (Å²) < 4.78 is 0. The van der Waals surface area contributed by atoms with Crippen LogP contribution < -0.4 is 10.5 Å². The van der Waals surface area contributed by atoms with E-state index in [1.807, 2.05) is 19.3 Å². The Balaban J connectivity index is 3.24. The fourth-order valence-electron chi connectivity index (χ4n) is 1.20. The Kier molecular flexibility index (Phi) is 2.98. The Morgan fingerprint density at radius 2 is 2.00 bits per heavy atom. The first-order chi connectivity index (χ1) is 5.96. The van der Waals surface area contributed by atoms with E-state index in [0.29, 0.717) is 0 Å². The summed E-state index contributed by atoms with van der Waals surface area (Å²) in [7, 11) is 0.498. The minimum Gasteiger partial charge on any atom is -0.372 e. The molecule has 0 aliphatic heterocycles. The topological polar surface area (TPSA) is 24.9 Å². The first-order valence-corrected chi connectivity index (χ1v) is 8.17. The monoisotopic (exact) mass is 214 g/mol. The third kappa shape index (κ3) is 2.23. The predicted molar refractivity (Wildman–Crippen MR) is 61.8 cm³/mol. The zero-order chi connectivity index (χ0) is 10.1. The molecule has 0 saturated heterocycles. The van der Waals surface area contributed by atoms with Crippen LogP contribution in [0.3, 0.4) is 0 Å². The zero-order valence-electron chi connectivity index (χ0n) is 8.48. The van der Waals surface area contributed by atoms with Gasteiger partial charge >= 0.3 is 0 Å². The van der Waals surface area contributed by atoms with Crippen molar-refractivity contribution in [2.24, 2.45) is 0 Å². The zero-order valence-corrected chi connectivity index (χ0v) is 10.2. The number of hydrogen-bond acceptors (Lipinski definition) is 2. The molecule has 0 aliphatic carbocycles. The van der Waals surface area contributed by atoms with Gasteiger partial charge in [0.2, 0.25) is 0 Å². The van der Waals surface area contributed by atoms with Crippen LogP contribution in [0.25, 0.3) is 0 Å². The molecule has 0 radical (unpaired) electrons. The van der Waals surface area contributed by atoms with Crippen LogP contribution in [0.15, 0.2) is 12.3 Å². The molecule has 1 aromatic rings. The fraction of sp³-hybridized carbons (Fsp3) is 0.444. The second kappa shape index (κ2) is 3.68. The summed E-state index contributed by atoms with van der Waals surface area (Å²) in [6.45, 7) is 6.81. The summed E-state index contributed by atoms with van der Waals surface area (Å²) in [4.78, 5) is 4.15. The van der Waals surface area contributed by atoms with Gasteiger partial charge in [0.1, 0.15) is 5.82 Å². The van der Waals surface area contributed by atoms with Gasteiger partial charge in [-0.1, -0.05) is 31.2 Å². The molecule has 0 amide bonds. The molecule has 1 aromatic heterocycles. The number of hydrogen-bond donors (Lipinski definition) is 1. The minimum absolute atomic E-state index is 0.779. The molecule has 1 rings (SSSR count). The van der Waals surface area contributed by atoms with E-state index in [2.05, 4.69) is 29.9 Å². The molecule has 0 spiro atoms. The van der Waals surface area contributed by atoms with E-state index in [0.717, 1.165) is 10.8 Å². The summed E-state index contributed by atoms with van der Waals surface area (Å²) in [5.41, 5.74) is 0. The van der Waals surface area contributed by atoms with Crippen molar-refractivity contribution in [1.29, 1.82) is 0 Å². The van der Waals surface area contributed by atoms with Gasteiger partial charge in [0.05, 0.1) is 13.1 Å².